The Morgan fingerprint density at radius 1 is 1.29 bits per heavy atom. The van der Waals surface area contributed by atoms with E-state index in [9.17, 15) is 5.11 Å². The lowest BCUT2D eigenvalue weighted by Gasteiger charge is -2.33. The van der Waals surface area contributed by atoms with Crippen LogP contribution in [0.25, 0.3) is 0 Å². The molecule has 0 bridgehead atoms. The van der Waals surface area contributed by atoms with Gasteiger partial charge in [-0.2, -0.15) is 0 Å². The summed E-state index contributed by atoms with van der Waals surface area (Å²) in [6.45, 7) is 6.71. The zero-order valence-electron chi connectivity index (χ0n) is 9.79. The number of hydrogen-bond donors (Lipinski definition) is 2. The van der Waals surface area contributed by atoms with Gasteiger partial charge in [0.2, 0.25) is 0 Å². The van der Waals surface area contributed by atoms with Crippen molar-refractivity contribution in [1.82, 2.24) is 5.32 Å². The standard InChI is InChI=1S/C12H25NO/c1-4-10(9(2)3)13-11-7-5-6-8-12(11)14/h9-14H,4-8H2,1-3H3/t10-,11-,12-/m0/s1. The van der Waals surface area contributed by atoms with Gasteiger partial charge < -0.3 is 10.4 Å². The topological polar surface area (TPSA) is 32.3 Å². The third-order valence-corrected chi connectivity index (χ3v) is 3.40. The Hall–Kier alpha value is -0.0800. The number of nitrogens with one attached hydrogen (secondary N) is 1. The molecule has 2 N–H and O–H groups in total. The minimum absolute atomic E-state index is 0.114. The maximum Gasteiger partial charge on any atom is 0.0693 e. The number of aliphatic hydroxyl groups excluding tert-OH is 1. The highest BCUT2D eigenvalue weighted by Gasteiger charge is 2.25. The first-order valence-corrected chi connectivity index (χ1v) is 6.09. The molecule has 0 spiro atoms. The summed E-state index contributed by atoms with van der Waals surface area (Å²) in [5.41, 5.74) is 0. The van der Waals surface area contributed by atoms with Crippen molar-refractivity contribution < 1.29 is 5.11 Å². The highest BCUT2D eigenvalue weighted by Crippen LogP contribution is 2.20. The third kappa shape index (κ3) is 3.25. The molecule has 0 aliphatic heterocycles. The van der Waals surface area contributed by atoms with Crippen LogP contribution in [0.1, 0.15) is 52.9 Å². The smallest absolute Gasteiger partial charge is 0.0693 e. The monoisotopic (exact) mass is 199 g/mol. The normalized spacial score (nSPS) is 30.6. The molecule has 1 fully saturated rings. The van der Waals surface area contributed by atoms with Gasteiger partial charge in [0.05, 0.1) is 6.10 Å². The van der Waals surface area contributed by atoms with E-state index in [0.29, 0.717) is 18.0 Å². The van der Waals surface area contributed by atoms with Crippen LogP contribution in [-0.2, 0) is 0 Å². The molecule has 84 valence electrons. The molecule has 1 aliphatic carbocycles. The lowest BCUT2D eigenvalue weighted by molar-refractivity contribution is 0.0806. The second-order valence-electron chi connectivity index (χ2n) is 4.88. The van der Waals surface area contributed by atoms with Crippen molar-refractivity contribution in [1.29, 1.82) is 0 Å². The first kappa shape index (κ1) is 12.0. The zero-order valence-corrected chi connectivity index (χ0v) is 9.79. The molecule has 1 saturated carbocycles. The Morgan fingerprint density at radius 2 is 1.93 bits per heavy atom. The Labute approximate surface area is 88.1 Å². The molecule has 1 aliphatic rings. The van der Waals surface area contributed by atoms with Crippen molar-refractivity contribution in [2.75, 3.05) is 0 Å². The van der Waals surface area contributed by atoms with Crippen LogP contribution in [-0.4, -0.2) is 23.3 Å². The van der Waals surface area contributed by atoms with Gasteiger partial charge >= 0.3 is 0 Å². The second kappa shape index (κ2) is 5.72. The SMILES string of the molecule is CC[C@H](N[C@H]1CCCC[C@@H]1O)C(C)C. The molecule has 0 aromatic rings. The number of aliphatic hydroxyl groups is 1. The highest BCUT2D eigenvalue weighted by atomic mass is 16.3. The molecule has 3 atom stereocenters. The Kier molecular flexibility index (Phi) is 4.90. The van der Waals surface area contributed by atoms with Crippen molar-refractivity contribution in [3.63, 3.8) is 0 Å². The summed E-state index contributed by atoms with van der Waals surface area (Å²) < 4.78 is 0. The van der Waals surface area contributed by atoms with Crippen LogP contribution in [0.15, 0.2) is 0 Å². The van der Waals surface area contributed by atoms with E-state index in [4.69, 9.17) is 0 Å². The first-order chi connectivity index (χ1) is 6.65. The quantitative estimate of drug-likeness (QED) is 0.728. The van der Waals surface area contributed by atoms with E-state index >= 15 is 0 Å². The number of hydrogen-bond acceptors (Lipinski definition) is 2. The predicted molar refractivity (Wildman–Crippen MR) is 60.3 cm³/mol. The summed E-state index contributed by atoms with van der Waals surface area (Å²) in [5, 5.41) is 13.4. The fraction of sp³-hybridized carbons (Fsp3) is 1.00. The van der Waals surface area contributed by atoms with Gasteiger partial charge in [-0.25, -0.2) is 0 Å². The summed E-state index contributed by atoms with van der Waals surface area (Å²) in [4.78, 5) is 0. The van der Waals surface area contributed by atoms with Crippen LogP contribution in [0, 0.1) is 5.92 Å². The molecule has 0 amide bonds. The Bertz CT molecular complexity index is 158. The van der Waals surface area contributed by atoms with Gasteiger partial charge in [-0.05, 0) is 25.2 Å². The van der Waals surface area contributed by atoms with E-state index < -0.39 is 0 Å². The summed E-state index contributed by atoms with van der Waals surface area (Å²) >= 11 is 0. The van der Waals surface area contributed by atoms with Gasteiger partial charge in [0.1, 0.15) is 0 Å². The minimum atomic E-state index is -0.114. The summed E-state index contributed by atoms with van der Waals surface area (Å²) in [6.07, 6.45) is 5.62. The summed E-state index contributed by atoms with van der Waals surface area (Å²) in [6, 6.07) is 0.906. The molecule has 0 aromatic heterocycles. The average Bonchev–Trinajstić information content (AvgIpc) is 2.16. The van der Waals surface area contributed by atoms with Crippen LogP contribution in [0.3, 0.4) is 0 Å². The van der Waals surface area contributed by atoms with Crippen molar-refractivity contribution in [2.45, 2.75) is 71.1 Å². The second-order valence-corrected chi connectivity index (χ2v) is 4.88. The van der Waals surface area contributed by atoms with E-state index in [1.165, 1.54) is 12.8 Å². The van der Waals surface area contributed by atoms with Gasteiger partial charge in [-0.15, -0.1) is 0 Å². The van der Waals surface area contributed by atoms with Crippen LogP contribution in [0.2, 0.25) is 0 Å². The third-order valence-electron chi connectivity index (χ3n) is 3.40. The fourth-order valence-electron chi connectivity index (χ4n) is 2.36. The van der Waals surface area contributed by atoms with Gasteiger partial charge in [0.15, 0.2) is 0 Å². The molecule has 14 heavy (non-hydrogen) atoms. The molecule has 0 unspecified atom stereocenters. The van der Waals surface area contributed by atoms with Gasteiger partial charge in [-0.3, -0.25) is 0 Å². The highest BCUT2D eigenvalue weighted by molar-refractivity contribution is 4.84. The zero-order chi connectivity index (χ0) is 10.6. The van der Waals surface area contributed by atoms with Crippen molar-refractivity contribution >= 4 is 0 Å². The molecule has 2 nitrogen and oxygen atoms in total. The maximum absolute atomic E-state index is 9.83. The van der Waals surface area contributed by atoms with E-state index in [-0.39, 0.29) is 6.10 Å². The molecule has 0 saturated heterocycles. The average molecular weight is 199 g/mol. The molecule has 2 heteroatoms. The lowest BCUT2D eigenvalue weighted by Crippen LogP contribution is -2.48. The molecular weight excluding hydrogens is 174 g/mol. The van der Waals surface area contributed by atoms with Crippen LogP contribution in [0.4, 0.5) is 0 Å². The minimum Gasteiger partial charge on any atom is -0.392 e. The molecule has 0 aromatic carbocycles. The lowest BCUT2D eigenvalue weighted by atomic mass is 9.90. The van der Waals surface area contributed by atoms with E-state index in [0.717, 1.165) is 19.3 Å². The van der Waals surface area contributed by atoms with Crippen molar-refractivity contribution in [3.8, 4) is 0 Å². The van der Waals surface area contributed by atoms with Crippen molar-refractivity contribution in [2.24, 2.45) is 5.92 Å². The Balaban J connectivity index is 2.39. The van der Waals surface area contributed by atoms with Crippen molar-refractivity contribution in [3.05, 3.63) is 0 Å². The van der Waals surface area contributed by atoms with Crippen LogP contribution in [0.5, 0.6) is 0 Å². The van der Waals surface area contributed by atoms with E-state index in [2.05, 4.69) is 26.1 Å². The molecular formula is C12H25NO. The van der Waals surface area contributed by atoms with Gasteiger partial charge in [0.25, 0.3) is 0 Å². The summed E-state index contributed by atoms with van der Waals surface area (Å²) in [5.74, 6) is 0.661. The molecule has 0 heterocycles. The largest absolute Gasteiger partial charge is 0.392 e. The van der Waals surface area contributed by atoms with Crippen LogP contribution >= 0.6 is 0 Å². The van der Waals surface area contributed by atoms with Crippen LogP contribution < -0.4 is 5.32 Å². The molecule has 0 radical (unpaired) electrons. The van der Waals surface area contributed by atoms with E-state index in [1.54, 1.807) is 0 Å². The fourth-order valence-corrected chi connectivity index (χ4v) is 2.36. The first-order valence-electron chi connectivity index (χ1n) is 6.09. The van der Waals surface area contributed by atoms with Gasteiger partial charge in [-0.1, -0.05) is 33.6 Å². The predicted octanol–water partition coefficient (Wildman–Crippen LogP) is 2.31. The molecule has 1 rings (SSSR count). The Morgan fingerprint density at radius 3 is 2.43 bits per heavy atom. The maximum atomic E-state index is 9.83. The van der Waals surface area contributed by atoms with E-state index in [1.807, 2.05) is 0 Å². The number of rotatable bonds is 4. The van der Waals surface area contributed by atoms with Gasteiger partial charge in [0, 0.05) is 12.1 Å². The summed E-state index contributed by atoms with van der Waals surface area (Å²) in [7, 11) is 0.